The lowest BCUT2D eigenvalue weighted by molar-refractivity contribution is 1.12. The number of hydrogen-bond donors (Lipinski definition) is 2. The second-order valence-electron chi connectivity index (χ2n) is 2.08. The van der Waals surface area contributed by atoms with Crippen molar-refractivity contribution in [3.05, 3.63) is 10.4 Å². The van der Waals surface area contributed by atoms with Gasteiger partial charge in [0.05, 0.1) is 0 Å². The highest BCUT2D eigenvalue weighted by atomic mass is 35.5. The average Bonchev–Trinajstić information content (AvgIpc) is 2.00. The first-order valence-electron chi connectivity index (χ1n) is 3.37. The number of nitrogens with one attached hydrogen (secondary N) is 1. The van der Waals surface area contributed by atoms with Crippen LogP contribution in [0, 0.1) is 0 Å². The molecule has 0 bridgehead atoms. The Kier molecular flexibility index (Phi) is 2.94. The quantitative estimate of drug-likeness (QED) is 0.573. The van der Waals surface area contributed by atoms with Crippen LogP contribution in [-0.4, -0.2) is 16.5 Å². The maximum Gasteiger partial charge on any atom is 0.225 e. The summed E-state index contributed by atoms with van der Waals surface area (Å²) in [5, 5.41) is 3.17. The molecule has 1 rings (SSSR count). The molecule has 0 aliphatic carbocycles. The van der Waals surface area contributed by atoms with E-state index in [9.17, 15) is 0 Å². The summed E-state index contributed by atoms with van der Waals surface area (Å²) in [6.07, 6.45) is 0. The van der Waals surface area contributed by atoms with Gasteiger partial charge in [-0.3, -0.25) is 0 Å². The van der Waals surface area contributed by atoms with Gasteiger partial charge in [0.25, 0.3) is 0 Å². The molecule has 0 unspecified atom stereocenters. The smallest absolute Gasteiger partial charge is 0.225 e. The van der Waals surface area contributed by atoms with Crippen molar-refractivity contribution in [2.24, 2.45) is 0 Å². The summed E-state index contributed by atoms with van der Waals surface area (Å²) in [5.74, 6) is 0.475. The molecule has 0 saturated carbocycles. The van der Waals surface area contributed by atoms with Crippen molar-refractivity contribution in [2.75, 3.05) is 17.6 Å². The molecule has 0 aliphatic heterocycles. The van der Waals surface area contributed by atoms with E-state index in [-0.39, 0.29) is 10.4 Å². The monoisotopic (exact) mass is 206 g/mol. The second kappa shape index (κ2) is 3.78. The lowest BCUT2D eigenvalue weighted by Gasteiger charge is -2.06. The zero-order chi connectivity index (χ0) is 9.14. The number of nitrogens with two attached hydrogens (primary N) is 1. The zero-order valence-corrected chi connectivity index (χ0v) is 7.95. The second-order valence-corrected chi connectivity index (χ2v) is 2.77. The van der Waals surface area contributed by atoms with Gasteiger partial charge in [-0.1, -0.05) is 11.6 Å². The van der Waals surface area contributed by atoms with Crippen LogP contribution in [0.4, 0.5) is 11.5 Å². The maximum absolute atomic E-state index is 5.65. The van der Waals surface area contributed by atoms with Crippen LogP contribution >= 0.6 is 23.2 Å². The van der Waals surface area contributed by atoms with Crippen molar-refractivity contribution in [1.82, 2.24) is 9.97 Å². The largest absolute Gasteiger partial charge is 0.393 e. The normalized spacial score (nSPS) is 9.92. The fraction of sp³-hybridized carbons (Fsp3) is 0.333. The van der Waals surface area contributed by atoms with Crippen LogP contribution in [0.2, 0.25) is 10.4 Å². The van der Waals surface area contributed by atoms with Crippen molar-refractivity contribution in [3.63, 3.8) is 0 Å². The molecule has 0 spiro atoms. The molecule has 1 aromatic heterocycles. The van der Waals surface area contributed by atoms with E-state index in [2.05, 4.69) is 15.3 Å². The van der Waals surface area contributed by atoms with Gasteiger partial charge in [-0.25, -0.2) is 4.98 Å². The molecule has 0 amide bonds. The van der Waals surface area contributed by atoms with Crippen molar-refractivity contribution < 1.29 is 0 Å². The minimum Gasteiger partial charge on any atom is -0.393 e. The van der Waals surface area contributed by atoms with Crippen molar-refractivity contribution in [3.8, 4) is 0 Å². The van der Waals surface area contributed by atoms with Gasteiger partial charge in [-0.15, -0.1) is 0 Å². The number of aromatic nitrogens is 2. The van der Waals surface area contributed by atoms with E-state index in [1.165, 1.54) is 0 Å². The number of halogens is 2. The van der Waals surface area contributed by atoms with Crippen molar-refractivity contribution >= 4 is 34.7 Å². The first kappa shape index (κ1) is 9.35. The maximum atomic E-state index is 5.65. The Morgan fingerprint density at radius 3 is 2.67 bits per heavy atom. The standard InChI is InChI=1S/C6H8Cl2N4/c1-2-10-5-3(9)4(7)11-6(8)12-5/h2,9H2,1H3,(H,10,11,12). The highest BCUT2D eigenvalue weighted by molar-refractivity contribution is 6.34. The highest BCUT2D eigenvalue weighted by Crippen LogP contribution is 2.24. The SMILES string of the molecule is CCNc1nc(Cl)nc(Cl)c1N. The molecule has 12 heavy (non-hydrogen) atoms. The molecule has 0 radical (unpaired) electrons. The first-order chi connectivity index (χ1) is 5.65. The van der Waals surface area contributed by atoms with E-state index in [1.807, 2.05) is 6.92 Å². The molecular formula is C6H8Cl2N4. The third-order valence-corrected chi connectivity index (χ3v) is 1.67. The van der Waals surface area contributed by atoms with Gasteiger partial charge in [0.2, 0.25) is 5.28 Å². The van der Waals surface area contributed by atoms with E-state index in [1.54, 1.807) is 0 Å². The van der Waals surface area contributed by atoms with Gasteiger partial charge in [-0.2, -0.15) is 4.98 Å². The summed E-state index contributed by atoms with van der Waals surface area (Å²) in [4.78, 5) is 7.53. The lowest BCUT2D eigenvalue weighted by atomic mass is 10.5. The van der Waals surface area contributed by atoms with Crippen LogP contribution in [0.25, 0.3) is 0 Å². The van der Waals surface area contributed by atoms with Gasteiger partial charge in [0.1, 0.15) is 5.69 Å². The van der Waals surface area contributed by atoms with Gasteiger partial charge in [-0.05, 0) is 18.5 Å². The van der Waals surface area contributed by atoms with Crippen LogP contribution < -0.4 is 11.1 Å². The van der Waals surface area contributed by atoms with E-state index in [4.69, 9.17) is 28.9 Å². The number of hydrogen-bond acceptors (Lipinski definition) is 4. The van der Waals surface area contributed by atoms with Crippen LogP contribution in [0.1, 0.15) is 6.92 Å². The summed E-state index contributed by atoms with van der Waals surface area (Å²) < 4.78 is 0. The van der Waals surface area contributed by atoms with Crippen LogP contribution in [0.5, 0.6) is 0 Å². The molecular weight excluding hydrogens is 199 g/mol. The predicted octanol–water partition coefficient (Wildman–Crippen LogP) is 1.80. The number of rotatable bonds is 2. The third-order valence-electron chi connectivity index (χ3n) is 1.22. The Labute approximate surface area is 80.1 Å². The Balaban J connectivity index is 3.09. The highest BCUT2D eigenvalue weighted by Gasteiger charge is 2.07. The Hall–Kier alpha value is -0.740. The molecule has 6 heteroatoms. The summed E-state index contributed by atoms with van der Waals surface area (Å²) in [6.45, 7) is 2.62. The van der Waals surface area contributed by atoms with E-state index >= 15 is 0 Å². The Morgan fingerprint density at radius 2 is 2.08 bits per heavy atom. The molecule has 0 saturated heterocycles. The molecule has 66 valence electrons. The number of nitrogens with zero attached hydrogens (tertiary/aromatic N) is 2. The van der Waals surface area contributed by atoms with Gasteiger partial charge in [0.15, 0.2) is 11.0 Å². The van der Waals surface area contributed by atoms with E-state index in [0.29, 0.717) is 18.1 Å². The Morgan fingerprint density at radius 1 is 1.42 bits per heavy atom. The summed E-state index contributed by atoms with van der Waals surface area (Å²) in [5.41, 5.74) is 5.88. The molecule has 0 aromatic carbocycles. The van der Waals surface area contributed by atoms with E-state index in [0.717, 1.165) is 0 Å². The molecule has 0 aliphatic rings. The molecule has 0 fully saturated rings. The fourth-order valence-corrected chi connectivity index (χ4v) is 1.10. The third kappa shape index (κ3) is 1.89. The Bertz CT molecular complexity index is 289. The lowest BCUT2D eigenvalue weighted by Crippen LogP contribution is -2.05. The average molecular weight is 207 g/mol. The molecule has 1 aromatic rings. The number of nitrogen functional groups attached to an aromatic ring is 1. The molecule has 1 heterocycles. The fourth-order valence-electron chi connectivity index (χ4n) is 0.719. The van der Waals surface area contributed by atoms with Crippen LogP contribution in [0.3, 0.4) is 0 Å². The van der Waals surface area contributed by atoms with Gasteiger partial charge >= 0.3 is 0 Å². The minimum absolute atomic E-state index is 0.0881. The molecule has 0 atom stereocenters. The van der Waals surface area contributed by atoms with Gasteiger partial charge < -0.3 is 11.1 Å². The predicted molar refractivity (Wildman–Crippen MR) is 50.6 cm³/mol. The molecule has 3 N–H and O–H groups in total. The summed E-state index contributed by atoms with van der Waals surface area (Å²) in [6, 6.07) is 0. The zero-order valence-electron chi connectivity index (χ0n) is 6.43. The van der Waals surface area contributed by atoms with E-state index < -0.39 is 0 Å². The first-order valence-corrected chi connectivity index (χ1v) is 4.13. The van der Waals surface area contributed by atoms with Crippen LogP contribution in [0.15, 0.2) is 0 Å². The number of anilines is 2. The minimum atomic E-state index is 0.0881. The van der Waals surface area contributed by atoms with Crippen molar-refractivity contribution in [1.29, 1.82) is 0 Å². The summed E-state index contributed by atoms with van der Waals surface area (Å²) in [7, 11) is 0. The van der Waals surface area contributed by atoms with Crippen molar-refractivity contribution in [2.45, 2.75) is 6.92 Å². The topological polar surface area (TPSA) is 63.8 Å². The van der Waals surface area contributed by atoms with Crippen LogP contribution in [-0.2, 0) is 0 Å². The molecule has 4 nitrogen and oxygen atoms in total. The van der Waals surface area contributed by atoms with Gasteiger partial charge in [0, 0.05) is 6.54 Å². The summed E-state index contributed by atoms with van der Waals surface area (Å²) >= 11 is 11.2.